The third kappa shape index (κ3) is 3.37. The number of nitrogens with zero attached hydrogens (tertiary/aromatic N) is 1. The van der Waals surface area contributed by atoms with Crippen LogP contribution in [0.1, 0.15) is 17.0 Å². The van der Waals surface area contributed by atoms with Gasteiger partial charge in [-0.25, -0.2) is 0 Å². The molecule has 0 saturated carbocycles. The summed E-state index contributed by atoms with van der Waals surface area (Å²) >= 11 is 0. The van der Waals surface area contributed by atoms with Crippen LogP contribution in [0, 0.1) is 20.8 Å². The van der Waals surface area contributed by atoms with Crippen LogP contribution in [-0.4, -0.2) is 17.2 Å². The van der Waals surface area contributed by atoms with E-state index in [1.807, 2.05) is 57.2 Å². The standard InChI is InChI=1S/C15H18N2O2/c1-11-5-4-6-14(9-11)19-10-15(18)16-17-12(2)7-8-13(17)3/h4-9H,10H2,1-3H3,(H,16,18). The van der Waals surface area contributed by atoms with Crippen molar-refractivity contribution in [3.63, 3.8) is 0 Å². The van der Waals surface area contributed by atoms with Gasteiger partial charge in [0.2, 0.25) is 0 Å². The van der Waals surface area contributed by atoms with E-state index < -0.39 is 0 Å². The largest absolute Gasteiger partial charge is 0.484 e. The van der Waals surface area contributed by atoms with Gasteiger partial charge in [0.05, 0.1) is 0 Å². The number of ether oxygens (including phenoxy) is 1. The minimum absolute atomic E-state index is 0.000509. The van der Waals surface area contributed by atoms with Gasteiger partial charge in [-0.3, -0.25) is 14.9 Å². The lowest BCUT2D eigenvalue weighted by atomic mass is 10.2. The molecule has 0 aliphatic carbocycles. The predicted molar refractivity (Wildman–Crippen MR) is 74.9 cm³/mol. The first kappa shape index (κ1) is 13.2. The van der Waals surface area contributed by atoms with Crippen molar-refractivity contribution in [2.45, 2.75) is 20.8 Å². The molecule has 4 nitrogen and oxygen atoms in total. The fourth-order valence-corrected chi connectivity index (χ4v) is 1.86. The fraction of sp³-hybridized carbons (Fsp3) is 0.267. The van der Waals surface area contributed by atoms with Gasteiger partial charge >= 0.3 is 0 Å². The van der Waals surface area contributed by atoms with Crippen molar-refractivity contribution in [3.05, 3.63) is 53.3 Å². The van der Waals surface area contributed by atoms with Crippen molar-refractivity contribution in [1.82, 2.24) is 4.68 Å². The second-order valence-corrected chi connectivity index (χ2v) is 4.59. The molecule has 0 unspecified atom stereocenters. The highest BCUT2D eigenvalue weighted by atomic mass is 16.5. The monoisotopic (exact) mass is 258 g/mol. The first-order chi connectivity index (χ1) is 9.06. The van der Waals surface area contributed by atoms with Crippen LogP contribution in [0.15, 0.2) is 36.4 Å². The zero-order chi connectivity index (χ0) is 13.8. The van der Waals surface area contributed by atoms with E-state index in [2.05, 4.69) is 5.43 Å². The van der Waals surface area contributed by atoms with E-state index in [1.165, 1.54) is 0 Å². The van der Waals surface area contributed by atoms with E-state index in [1.54, 1.807) is 4.68 Å². The molecule has 1 amide bonds. The van der Waals surface area contributed by atoms with Crippen molar-refractivity contribution in [3.8, 4) is 5.75 Å². The molecule has 1 heterocycles. The Labute approximate surface area is 113 Å². The molecule has 0 atom stereocenters. The number of hydrogen-bond donors (Lipinski definition) is 1. The lowest BCUT2D eigenvalue weighted by Crippen LogP contribution is -2.29. The highest BCUT2D eigenvalue weighted by Crippen LogP contribution is 2.12. The van der Waals surface area contributed by atoms with Crippen LogP contribution in [0.4, 0.5) is 0 Å². The summed E-state index contributed by atoms with van der Waals surface area (Å²) in [5, 5.41) is 0. The average Bonchev–Trinajstić information content (AvgIpc) is 2.68. The summed E-state index contributed by atoms with van der Waals surface area (Å²) in [6.07, 6.45) is 0. The number of aryl methyl sites for hydroxylation is 3. The van der Waals surface area contributed by atoms with Crippen molar-refractivity contribution in [2.75, 3.05) is 12.0 Å². The van der Waals surface area contributed by atoms with Crippen LogP contribution < -0.4 is 10.2 Å². The third-order valence-electron chi connectivity index (χ3n) is 2.87. The van der Waals surface area contributed by atoms with Gasteiger partial charge in [-0.2, -0.15) is 0 Å². The van der Waals surface area contributed by atoms with Crippen LogP contribution in [0.5, 0.6) is 5.75 Å². The van der Waals surface area contributed by atoms with Crippen molar-refractivity contribution in [1.29, 1.82) is 0 Å². The molecule has 0 radical (unpaired) electrons. The molecule has 0 fully saturated rings. The molecule has 19 heavy (non-hydrogen) atoms. The zero-order valence-electron chi connectivity index (χ0n) is 11.4. The molecule has 0 aliphatic heterocycles. The summed E-state index contributed by atoms with van der Waals surface area (Å²) in [5.41, 5.74) is 5.88. The normalized spacial score (nSPS) is 10.3. The van der Waals surface area contributed by atoms with Crippen LogP contribution >= 0.6 is 0 Å². The molecule has 0 saturated heterocycles. The molecular formula is C15H18N2O2. The zero-order valence-corrected chi connectivity index (χ0v) is 11.4. The molecular weight excluding hydrogens is 240 g/mol. The Morgan fingerprint density at radius 3 is 2.47 bits per heavy atom. The summed E-state index contributed by atoms with van der Waals surface area (Å²) < 4.78 is 7.20. The lowest BCUT2D eigenvalue weighted by Gasteiger charge is -2.12. The number of carbonyl (C=O) groups excluding carboxylic acids is 1. The van der Waals surface area contributed by atoms with Gasteiger partial charge < -0.3 is 4.74 Å². The Bertz CT molecular complexity index is 568. The molecule has 1 aromatic heterocycles. The summed E-state index contributed by atoms with van der Waals surface area (Å²) in [6.45, 7) is 5.86. The van der Waals surface area contributed by atoms with Gasteiger partial charge in [0.15, 0.2) is 6.61 Å². The lowest BCUT2D eigenvalue weighted by molar-refractivity contribution is -0.119. The number of carbonyl (C=O) groups is 1. The first-order valence-electron chi connectivity index (χ1n) is 6.20. The Morgan fingerprint density at radius 2 is 1.84 bits per heavy atom. The van der Waals surface area contributed by atoms with Crippen molar-refractivity contribution >= 4 is 5.91 Å². The van der Waals surface area contributed by atoms with Crippen molar-refractivity contribution < 1.29 is 9.53 Å². The summed E-state index contributed by atoms with van der Waals surface area (Å²) in [5.74, 6) is 0.528. The van der Waals surface area contributed by atoms with Crippen LogP contribution in [0.3, 0.4) is 0 Å². The number of hydrogen-bond acceptors (Lipinski definition) is 2. The van der Waals surface area contributed by atoms with E-state index in [0.717, 1.165) is 17.0 Å². The molecule has 2 rings (SSSR count). The van der Waals surface area contributed by atoms with E-state index in [0.29, 0.717) is 5.75 Å². The second kappa shape index (κ2) is 5.61. The average molecular weight is 258 g/mol. The van der Waals surface area contributed by atoms with Gasteiger partial charge in [0.1, 0.15) is 5.75 Å². The van der Waals surface area contributed by atoms with Gasteiger partial charge in [0, 0.05) is 11.4 Å². The Morgan fingerprint density at radius 1 is 1.16 bits per heavy atom. The maximum atomic E-state index is 11.8. The highest BCUT2D eigenvalue weighted by Gasteiger charge is 2.06. The number of nitrogens with one attached hydrogen (secondary N) is 1. The highest BCUT2D eigenvalue weighted by molar-refractivity contribution is 5.85. The predicted octanol–water partition coefficient (Wildman–Crippen LogP) is 2.56. The van der Waals surface area contributed by atoms with Crippen LogP contribution in [0.25, 0.3) is 0 Å². The molecule has 100 valence electrons. The maximum Gasteiger partial charge on any atom is 0.276 e. The number of rotatable bonds is 4. The quantitative estimate of drug-likeness (QED) is 0.916. The van der Waals surface area contributed by atoms with Crippen LogP contribution in [0.2, 0.25) is 0 Å². The Kier molecular flexibility index (Phi) is 3.90. The summed E-state index contributed by atoms with van der Waals surface area (Å²) in [4.78, 5) is 11.8. The maximum absolute atomic E-state index is 11.8. The van der Waals surface area contributed by atoms with E-state index in [9.17, 15) is 4.79 Å². The van der Waals surface area contributed by atoms with Gasteiger partial charge in [0.25, 0.3) is 5.91 Å². The number of aromatic nitrogens is 1. The molecule has 1 N–H and O–H groups in total. The molecule has 0 aliphatic rings. The first-order valence-corrected chi connectivity index (χ1v) is 6.20. The second-order valence-electron chi connectivity index (χ2n) is 4.59. The van der Waals surface area contributed by atoms with E-state index in [-0.39, 0.29) is 12.5 Å². The summed E-state index contributed by atoms with van der Waals surface area (Å²) in [6, 6.07) is 11.5. The summed E-state index contributed by atoms with van der Waals surface area (Å²) in [7, 11) is 0. The Balaban J connectivity index is 1.92. The van der Waals surface area contributed by atoms with Gasteiger partial charge in [-0.15, -0.1) is 0 Å². The smallest absolute Gasteiger partial charge is 0.276 e. The molecule has 0 spiro atoms. The third-order valence-corrected chi connectivity index (χ3v) is 2.87. The fourth-order valence-electron chi connectivity index (χ4n) is 1.86. The SMILES string of the molecule is Cc1cccc(OCC(=O)Nn2c(C)ccc2C)c1. The topological polar surface area (TPSA) is 43.3 Å². The molecule has 1 aromatic carbocycles. The van der Waals surface area contributed by atoms with Gasteiger partial charge in [-0.1, -0.05) is 12.1 Å². The molecule has 4 heteroatoms. The van der Waals surface area contributed by atoms with E-state index >= 15 is 0 Å². The number of benzene rings is 1. The van der Waals surface area contributed by atoms with Crippen molar-refractivity contribution in [2.24, 2.45) is 0 Å². The number of amides is 1. The molecule has 0 bridgehead atoms. The van der Waals surface area contributed by atoms with E-state index in [4.69, 9.17) is 4.74 Å². The Hall–Kier alpha value is -2.23. The minimum Gasteiger partial charge on any atom is -0.484 e. The minimum atomic E-state index is -0.177. The molecule has 2 aromatic rings. The van der Waals surface area contributed by atoms with Gasteiger partial charge in [-0.05, 0) is 50.6 Å². The van der Waals surface area contributed by atoms with Crippen LogP contribution in [-0.2, 0) is 4.79 Å².